The molecule has 10 N–H and O–H groups in total. The highest BCUT2D eigenvalue weighted by Gasteiger charge is 2.30. The lowest BCUT2D eigenvalue weighted by atomic mass is 9.96. The van der Waals surface area contributed by atoms with Crippen molar-refractivity contribution in [2.45, 2.75) is 60.1 Å². The van der Waals surface area contributed by atoms with Gasteiger partial charge in [-0.2, -0.15) is 35.5 Å². The zero-order valence-corrected chi connectivity index (χ0v) is 58.9. The van der Waals surface area contributed by atoms with Crippen molar-refractivity contribution >= 4 is 125 Å². The SMILES string of the molecule is Cc1cc(-c2ccc(N=Nc3ccc4c(S(=O)(=O)O)cc(S(C)(=O)=O)c(N)c4c3O)c(C)c2)ccc1CC(=O)CN1CCN(CC(=O)Cc2ccc(-c3ccc(N=Nc4ccc5c(S(=O)(=O)O)cc(S(=O)(=O)O)c(N)c5c4O)c(C)c3)cc2C)CCN(CC(=O)NCCN2C(=O)C=CC2=O)CC1. The van der Waals surface area contributed by atoms with Crippen molar-refractivity contribution in [3.63, 3.8) is 0 Å². The number of fused-ring (bicyclic) bond motifs is 2. The van der Waals surface area contributed by atoms with Gasteiger partial charge in [-0.15, -0.1) is 10.2 Å². The van der Waals surface area contributed by atoms with E-state index in [1.54, 1.807) is 32.0 Å². The lowest BCUT2D eigenvalue weighted by molar-refractivity contribution is -0.137. The molecular formula is C69H71N11O18S4. The Labute approximate surface area is 587 Å². The van der Waals surface area contributed by atoms with E-state index >= 15 is 0 Å². The second kappa shape index (κ2) is 29.9. The number of ketones is 2. The van der Waals surface area contributed by atoms with Gasteiger partial charge in [-0.1, -0.05) is 60.7 Å². The molecule has 0 aromatic heterocycles. The molecule has 1 fully saturated rings. The van der Waals surface area contributed by atoms with Gasteiger partial charge in [0, 0.05) is 94.4 Å². The highest BCUT2D eigenvalue weighted by molar-refractivity contribution is 7.91. The van der Waals surface area contributed by atoms with Crippen LogP contribution in [-0.2, 0) is 77.0 Å². The average Bonchev–Trinajstić information content (AvgIpc) is 0.799. The van der Waals surface area contributed by atoms with Crippen molar-refractivity contribution in [1.29, 1.82) is 0 Å². The summed E-state index contributed by atoms with van der Waals surface area (Å²) in [6, 6.07) is 28.1. The molecule has 29 nitrogen and oxygen atoms in total. The highest BCUT2D eigenvalue weighted by atomic mass is 32.2. The van der Waals surface area contributed by atoms with Crippen LogP contribution >= 0.6 is 0 Å². The average molecular weight is 1470 g/mol. The normalized spacial score (nSPS) is 14.9. The van der Waals surface area contributed by atoms with E-state index < -0.39 is 99.8 Å². The van der Waals surface area contributed by atoms with Crippen molar-refractivity contribution in [2.24, 2.45) is 20.5 Å². The number of phenolic OH excluding ortho intramolecular Hbond substituents is 2. The number of nitrogens with one attached hydrogen (secondary N) is 1. The number of phenols is 2. The number of sulfone groups is 1. The zero-order valence-electron chi connectivity index (χ0n) is 55.6. The van der Waals surface area contributed by atoms with Crippen LogP contribution in [0.2, 0.25) is 0 Å². The summed E-state index contributed by atoms with van der Waals surface area (Å²) in [6.07, 6.45) is 3.35. The molecule has 0 unspecified atom stereocenters. The van der Waals surface area contributed by atoms with Crippen LogP contribution in [0.5, 0.6) is 11.5 Å². The third-order valence-electron chi connectivity index (χ3n) is 17.6. The zero-order chi connectivity index (χ0) is 74.1. The fraction of sp³-hybridized carbons (Fsp3) is 0.261. The Hall–Kier alpha value is -10.1. The molecule has 0 spiro atoms. The summed E-state index contributed by atoms with van der Waals surface area (Å²) in [5.41, 5.74) is 19.2. The van der Waals surface area contributed by atoms with Gasteiger partial charge in [0.2, 0.25) is 5.91 Å². The summed E-state index contributed by atoms with van der Waals surface area (Å²) < 4.78 is 128. The number of nitrogens with two attached hydrogens (primary N) is 2. The first-order valence-electron chi connectivity index (χ1n) is 31.5. The van der Waals surface area contributed by atoms with E-state index in [1.807, 2.05) is 83.1 Å². The maximum atomic E-state index is 14.1. The fourth-order valence-electron chi connectivity index (χ4n) is 12.2. The van der Waals surface area contributed by atoms with Crippen molar-refractivity contribution in [2.75, 3.05) is 89.7 Å². The van der Waals surface area contributed by atoms with Crippen LogP contribution < -0.4 is 16.8 Å². The van der Waals surface area contributed by atoms with Crippen molar-refractivity contribution in [1.82, 2.24) is 24.9 Å². The van der Waals surface area contributed by atoms with Crippen LogP contribution in [0, 0.1) is 27.7 Å². The molecule has 2 aliphatic heterocycles. The molecule has 0 atom stereocenters. The maximum absolute atomic E-state index is 14.1. The standard InChI is InChI=1S/C69H71N11O18S4/c1-39-28-45(47-10-14-53(41(3)30-47)73-75-55-16-12-51-57(100(90,91)92)34-59(99(5,88)89)66(70)64(51)68(55)86)8-6-43(39)32-49(81)36-77-22-23-78(25-27-79(26-24-77)38-61(83)72-20-21-80-62(84)18-19-63(80)85)37-50(82)33-44-7-9-46(29-40(44)2)48-11-15-54(42(4)31-48)74-76-56-17-13-52-58(101(93,94)95)35-60(102(96,97)98)67(71)65(52)69(56)87/h6-19,28-31,34-35,86-87H,20-27,32-33,36-38,70-71H2,1-5H3,(H,72,83)(H,90,91,92)(H,93,94,95)(H,96,97,98). The summed E-state index contributed by atoms with van der Waals surface area (Å²) in [5.74, 6) is -2.83. The number of hydrogen-bond acceptors (Lipinski definition) is 24. The number of benzene rings is 8. The number of azo groups is 2. The van der Waals surface area contributed by atoms with E-state index in [9.17, 15) is 81.5 Å². The van der Waals surface area contributed by atoms with Crippen molar-refractivity contribution in [3.05, 3.63) is 155 Å². The molecule has 3 amide bonds. The number of Topliss-reactive ketones (excluding diaryl/α,β-unsaturated/α-hetero) is 2. The Morgan fingerprint density at radius 1 is 0.461 bits per heavy atom. The number of aryl methyl sites for hydroxylation is 4. The number of amides is 3. The highest BCUT2D eigenvalue weighted by Crippen LogP contribution is 2.46. The lowest BCUT2D eigenvalue weighted by Gasteiger charge is -2.25. The van der Waals surface area contributed by atoms with E-state index in [-0.39, 0.29) is 90.6 Å². The number of carbonyl (C=O) groups excluding carboxylic acids is 5. The van der Waals surface area contributed by atoms with Crippen molar-refractivity contribution < 1.29 is 81.5 Å². The van der Waals surface area contributed by atoms with Gasteiger partial charge >= 0.3 is 0 Å². The number of anilines is 2. The Morgan fingerprint density at radius 3 is 1.18 bits per heavy atom. The van der Waals surface area contributed by atoms with E-state index in [2.05, 4.69) is 25.8 Å². The van der Waals surface area contributed by atoms with Gasteiger partial charge < -0.3 is 27.0 Å². The molecule has 8 aromatic carbocycles. The minimum absolute atomic E-state index is 0.00521. The predicted molar refractivity (Wildman–Crippen MR) is 379 cm³/mol. The van der Waals surface area contributed by atoms with Gasteiger partial charge in [0.15, 0.2) is 32.9 Å². The first-order chi connectivity index (χ1) is 47.9. The van der Waals surface area contributed by atoms with Gasteiger partial charge in [0.05, 0.1) is 58.1 Å². The molecule has 10 rings (SSSR count). The summed E-state index contributed by atoms with van der Waals surface area (Å²) >= 11 is 0. The molecule has 8 aromatic rings. The third kappa shape index (κ3) is 17.1. The molecule has 2 heterocycles. The second-order valence-electron chi connectivity index (χ2n) is 24.9. The lowest BCUT2D eigenvalue weighted by Crippen LogP contribution is -2.45. The van der Waals surface area contributed by atoms with Crippen molar-refractivity contribution in [3.8, 4) is 33.8 Å². The summed E-state index contributed by atoms with van der Waals surface area (Å²) in [5, 5.41) is 40.6. The molecule has 102 heavy (non-hydrogen) atoms. The molecule has 2 aliphatic rings. The van der Waals surface area contributed by atoms with Crippen LogP contribution in [0.1, 0.15) is 33.4 Å². The minimum Gasteiger partial charge on any atom is -0.505 e. The first-order valence-corrected chi connectivity index (χ1v) is 37.7. The van der Waals surface area contributed by atoms with E-state index in [0.29, 0.717) is 67.8 Å². The van der Waals surface area contributed by atoms with Crippen LogP contribution in [0.25, 0.3) is 43.8 Å². The monoisotopic (exact) mass is 1470 g/mol. The summed E-state index contributed by atoms with van der Waals surface area (Å²) in [4.78, 5) is 69.4. The van der Waals surface area contributed by atoms with Gasteiger partial charge in [0.1, 0.15) is 26.1 Å². The van der Waals surface area contributed by atoms with Gasteiger partial charge in [-0.3, -0.25) is 57.2 Å². The summed E-state index contributed by atoms with van der Waals surface area (Å²) in [7, 11) is -19.3. The number of rotatable bonds is 23. The number of nitrogens with zero attached hydrogens (tertiary/aromatic N) is 8. The van der Waals surface area contributed by atoms with Gasteiger partial charge in [-0.05, 0) is 132 Å². The number of carbonyl (C=O) groups is 5. The molecule has 0 bridgehead atoms. The molecular weight excluding hydrogens is 1400 g/mol. The van der Waals surface area contributed by atoms with Gasteiger partial charge in [0.25, 0.3) is 42.2 Å². The number of nitrogen functional groups attached to an aromatic ring is 2. The predicted octanol–water partition coefficient (Wildman–Crippen LogP) is 7.99. The molecule has 0 aliphatic carbocycles. The number of hydrogen-bond donors (Lipinski definition) is 8. The molecule has 0 saturated carbocycles. The Morgan fingerprint density at radius 2 is 0.804 bits per heavy atom. The smallest absolute Gasteiger partial charge is 0.296 e. The minimum atomic E-state index is -5.12. The first kappa shape index (κ1) is 74.6. The maximum Gasteiger partial charge on any atom is 0.296 e. The van der Waals surface area contributed by atoms with Crippen LogP contribution in [-0.4, -0.2) is 185 Å². The van der Waals surface area contributed by atoms with Crippen LogP contribution in [0.4, 0.5) is 34.1 Å². The van der Waals surface area contributed by atoms with Crippen LogP contribution in [0.3, 0.4) is 0 Å². The quantitative estimate of drug-likeness (QED) is 0.0130. The largest absolute Gasteiger partial charge is 0.505 e. The number of imide groups is 1. The Bertz CT molecular complexity index is 5080. The second-order valence-corrected chi connectivity index (χ2v) is 31.1. The molecule has 0 radical (unpaired) electrons. The van der Waals surface area contributed by atoms with Gasteiger partial charge in [-0.25, -0.2) is 8.42 Å². The topological polar surface area (TPSA) is 450 Å². The Kier molecular flexibility index (Phi) is 21.8. The molecule has 534 valence electrons. The van der Waals surface area contributed by atoms with E-state index in [1.165, 1.54) is 30.4 Å². The molecule has 33 heteroatoms. The Balaban J connectivity index is 0.790. The van der Waals surface area contributed by atoms with E-state index in [4.69, 9.17) is 11.5 Å². The fourth-order valence-corrected chi connectivity index (χ4v) is 15.2. The summed E-state index contributed by atoms with van der Waals surface area (Å²) in [6.45, 7) is 9.98. The number of aromatic hydroxyl groups is 2. The molecule has 1 saturated heterocycles. The van der Waals surface area contributed by atoms with Crippen LogP contribution in [0.15, 0.2) is 161 Å². The third-order valence-corrected chi connectivity index (χ3v) is 21.5. The van der Waals surface area contributed by atoms with E-state index in [0.717, 1.165) is 67.8 Å².